The molecule has 1 aliphatic rings. The van der Waals surface area contributed by atoms with Crippen LogP contribution in [0, 0.1) is 17.2 Å². The summed E-state index contributed by atoms with van der Waals surface area (Å²) in [7, 11) is 0. The third-order valence-electron chi connectivity index (χ3n) is 2.71. The summed E-state index contributed by atoms with van der Waals surface area (Å²) in [6.45, 7) is 10.2. The molecule has 1 heterocycles. The number of hydrogen-bond acceptors (Lipinski definition) is 3. The zero-order chi connectivity index (χ0) is 11.3. The third-order valence-corrected chi connectivity index (χ3v) is 3.97. The maximum Gasteiger partial charge on any atom is 0.0656 e. The molecule has 2 nitrogen and oxygen atoms in total. The fraction of sp³-hybridized carbons (Fsp3) is 0.917. The van der Waals surface area contributed by atoms with Gasteiger partial charge in [-0.05, 0) is 25.9 Å². The fourth-order valence-electron chi connectivity index (χ4n) is 1.77. The molecule has 0 aromatic rings. The van der Waals surface area contributed by atoms with Gasteiger partial charge in [-0.2, -0.15) is 17.0 Å². The van der Waals surface area contributed by atoms with Crippen LogP contribution >= 0.6 is 11.8 Å². The summed E-state index contributed by atoms with van der Waals surface area (Å²) in [5.41, 5.74) is 0. The zero-order valence-corrected chi connectivity index (χ0v) is 10.9. The van der Waals surface area contributed by atoms with Gasteiger partial charge in [-0.15, -0.1) is 0 Å². The van der Waals surface area contributed by atoms with Crippen LogP contribution in [0.2, 0.25) is 0 Å². The SMILES string of the molecule is CC(C)(C)SCCN1CCC(C#N)CC1. The summed E-state index contributed by atoms with van der Waals surface area (Å²) in [6.07, 6.45) is 2.13. The molecule has 1 saturated heterocycles. The Balaban J connectivity index is 2.12. The number of nitriles is 1. The van der Waals surface area contributed by atoms with Crippen molar-refractivity contribution in [1.82, 2.24) is 4.90 Å². The Morgan fingerprint density at radius 1 is 1.33 bits per heavy atom. The minimum atomic E-state index is 0.316. The van der Waals surface area contributed by atoms with Gasteiger partial charge in [-0.3, -0.25) is 0 Å². The molecule has 15 heavy (non-hydrogen) atoms. The van der Waals surface area contributed by atoms with Gasteiger partial charge in [-0.1, -0.05) is 20.8 Å². The van der Waals surface area contributed by atoms with Crippen LogP contribution in [0.1, 0.15) is 33.6 Å². The van der Waals surface area contributed by atoms with Crippen molar-refractivity contribution in [3.63, 3.8) is 0 Å². The van der Waals surface area contributed by atoms with E-state index in [1.165, 1.54) is 12.3 Å². The van der Waals surface area contributed by atoms with E-state index in [9.17, 15) is 0 Å². The molecule has 1 fully saturated rings. The normalized spacial score (nSPS) is 20.1. The predicted octanol–water partition coefficient (Wildman–Crippen LogP) is 2.75. The van der Waals surface area contributed by atoms with Crippen molar-refractivity contribution < 1.29 is 0 Å². The van der Waals surface area contributed by atoms with Gasteiger partial charge >= 0.3 is 0 Å². The van der Waals surface area contributed by atoms with Crippen LogP contribution in [-0.2, 0) is 0 Å². The highest BCUT2D eigenvalue weighted by Crippen LogP contribution is 2.23. The van der Waals surface area contributed by atoms with Crippen molar-refractivity contribution in [3.8, 4) is 6.07 Å². The number of thioether (sulfide) groups is 1. The van der Waals surface area contributed by atoms with E-state index in [1.54, 1.807) is 0 Å². The first kappa shape index (κ1) is 12.9. The van der Waals surface area contributed by atoms with Crippen molar-refractivity contribution in [2.75, 3.05) is 25.4 Å². The van der Waals surface area contributed by atoms with Crippen LogP contribution in [0.4, 0.5) is 0 Å². The summed E-state index contributed by atoms with van der Waals surface area (Å²) in [6, 6.07) is 2.37. The highest BCUT2D eigenvalue weighted by Gasteiger charge is 2.19. The Bertz CT molecular complexity index is 219. The summed E-state index contributed by atoms with van der Waals surface area (Å²) < 4.78 is 0.380. The Morgan fingerprint density at radius 3 is 2.40 bits per heavy atom. The first-order valence-electron chi connectivity index (χ1n) is 5.77. The van der Waals surface area contributed by atoms with Gasteiger partial charge in [0.05, 0.1) is 6.07 Å². The van der Waals surface area contributed by atoms with Crippen molar-refractivity contribution in [3.05, 3.63) is 0 Å². The van der Waals surface area contributed by atoms with Gasteiger partial charge in [0.15, 0.2) is 0 Å². The van der Waals surface area contributed by atoms with E-state index in [-0.39, 0.29) is 0 Å². The summed E-state index contributed by atoms with van der Waals surface area (Å²) in [5.74, 6) is 1.53. The second kappa shape index (κ2) is 5.77. The first-order valence-corrected chi connectivity index (χ1v) is 6.76. The van der Waals surface area contributed by atoms with E-state index in [0.717, 1.165) is 25.9 Å². The lowest BCUT2D eigenvalue weighted by Gasteiger charge is -2.29. The van der Waals surface area contributed by atoms with E-state index in [4.69, 9.17) is 5.26 Å². The number of likely N-dealkylation sites (tertiary alicyclic amines) is 1. The van der Waals surface area contributed by atoms with Gasteiger partial charge < -0.3 is 4.90 Å². The highest BCUT2D eigenvalue weighted by molar-refractivity contribution is 8.00. The standard InChI is InChI=1S/C12H22N2S/c1-12(2,3)15-9-8-14-6-4-11(10-13)5-7-14/h11H,4-9H2,1-3H3. The topological polar surface area (TPSA) is 27.0 Å². The van der Waals surface area contributed by atoms with Gasteiger partial charge in [-0.25, -0.2) is 0 Å². The monoisotopic (exact) mass is 226 g/mol. The molecule has 0 unspecified atom stereocenters. The maximum atomic E-state index is 8.79. The van der Waals surface area contributed by atoms with Gasteiger partial charge in [0, 0.05) is 23.0 Å². The molecule has 1 rings (SSSR count). The average Bonchev–Trinajstić information content (AvgIpc) is 2.17. The second-order valence-electron chi connectivity index (χ2n) is 5.21. The zero-order valence-electron chi connectivity index (χ0n) is 10.1. The van der Waals surface area contributed by atoms with Crippen LogP contribution in [0.25, 0.3) is 0 Å². The van der Waals surface area contributed by atoms with Crippen molar-refractivity contribution in [2.45, 2.75) is 38.4 Å². The summed E-state index contributed by atoms with van der Waals surface area (Å²) >= 11 is 2.03. The van der Waals surface area contributed by atoms with Crippen LogP contribution in [-0.4, -0.2) is 35.0 Å². The van der Waals surface area contributed by atoms with Crippen molar-refractivity contribution in [2.24, 2.45) is 5.92 Å². The molecule has 0 aromatic heterocycles. The smallest absolute Gasteiger partial charge is 0.0656 e. The van der Waals surface area contributed by atoms with Crippen LogP contribution in [0.5, 0.6) is 0 Å². The lowest BCUT2D eigenvalue weighted by atomic mass is 9.99. The minimum absolute atomic E-state index is 0.316. The first-order chi connectivity index (χ1) is 7.01. The number of rotatable bonds is 3. The number of nitrogens with zero attached hydrogens (tertiary/aromatic N) is 2. The molecule has 0 aromatic carbocycles. The van der Waals surface area contributed by atoms with E-state index in [2.05, 4.69) is 31.7 Å². The molecule has 0 N–H and O–H groups in total. The fourth-order valence-corrected chi connectivity index (χ4v) is 2.73. The van der Waals surface area contributed by atoms with Gasteiger partial charge in [0.2, 0.25) is 0 Å². The Hall–Kier alpha value is -0.200. The Labute approximate surface area is 98.0 Å². The molecule has 0 aliphatic carbocycles. The largest absolute Gasteiger partial charge is 0.302 e. The predicted molar refractivity (Wildman–Crippen MR) is 67.0 cm³/mol. The van der Waals surface area contributed by atoms with Gasteiger partial charge in [0.25, 0.3) is 0 Å². The molecule has 0 atom stereocenters. The third kappa shape index (κ3) is 5.44. The van der Waals surface area contributed by atoms with Crippen LogP contribution in [0.15, 0.2) is 0 Å². The second-order valence-corrected chi connectivity index (χ2v) is 7.13. The van der Waals surface area contributed by atoms with Crippen LogP contribution in [0.3, 0.4) is 0 Å². The Kier molecular flexibility index (Phi) is 4.95. The number of hydrogen-bond donors (Lipinski definition) is 0. The molecule has 0 radical (unpaired) electrons. The Morgan fingerprint density at radius 2 is 1.93 bits per heavy atom. The maximum absolute atomic E-state index is 8.79. The molecule has 0 amide bonds. The quantitative estimate of drug-likeness (QED) is 0.740. The van der Waals surface area contributed by atoms with E-state index >= 15 is 0 Å². The summed E-state index contributed by atoms with van der Waals surface area (Å²) in [5, 5.41) is 8.79. The minimum Gasteiger partial charge on any atom is -0.302 e. The van der Waals surface area contributed by atoms with E-state index in [0.29, 0.717) is 10.7 Å². The molecular formula is C12H22N2S. The van der Waals surface area contributed by atoms with Crippen molar-refractivity contribution in [1.29, 1.82) is 5.26 Å². The van der Waals surface area contributed by atoms with Crippen molar-refractivity contribution >= 4 is 11.8 Å². The molecule has 1 aliphatic heterocycles. The molecule has 3 heteroatoms. The molecular weight excluding hydrogens is 204 g/mol. The number of piperidine rings is 1. The van der Waals surface area contributed by atoms with E-state index < -0.39 is 0 Å². The molecule has 86 valence electrons. The van der Waals surface area contributed by atoms with Gasteiger partial charge in [0.1, 0.15) is 0 Å². The molecule has 0 saturated carbocycles. The lowest BCUT2D eigenvalue weighted by Crippen LogP contribution is -2.35. The molecule has 0 bridgehead atoms. The molecule has 0 spiro atoms. The lowest BCUT2D eigenvalue weighted by molar-refractivity contribution is 0.217. The average molecular weight is 226 g/mol. The summed E-state index contributed by atoms with van der Waals surface area (Å²) in [4.78, 5) is 2.49. The highest BCUT2D eigenvalue weighted by atomic mass is 32.2. The van der Waals surface area contributed by atoms with E-state index in [1.807, 2.05) is 11.8 Å². The van der Waals surface area contributed by atoms with Crippen LogP contribution < -0.4 is 0 Å².